The van der Waals surface area contributed by atoms with E-state index in [0.29, 0.717) is 10.8 Å². The van der Waals surface area contributed by atoms with Crippen molar-refractivity contribution in [2.75, 3.05) is 26.8 Å². The second-order valence-corrected chi connectivity index (χ2v) is 7.10. The lowest BCUT2D eigenvalue weighted by Gasteiger charge is -2.62. The summed E-state index contributed by atoms with van der Waals surface area (Å²) in [5.74, 6) is 0. The quantitative estimate of drug-likeness (QED) is 0.806. The van der Waals surface area contributed by atoms with Crippen molar-refractivity contribution in [1.29, 1.82) is 0 Å². The Morgan fingerprint density at radius 1 is 1.30 bits per heavy atom. The molecule has 0 unspecified atom stereocenters. The number of nitrogens with one attached hydrogen (secondary N) is 1. The van der Waals surface area contributed by atoms with Crippen molar-refractivity contribution < 1.29 is 4.74 Å². The highest BCUT2D eigenvalue weighted by molar-refractivity contribution is 6.30. The zero-order valence-corrected chi connectivity index (χ0v) is 13.0. The van der Waals surface area contributed by atoms with E-state index in [0.717, 1.165) is 24.7 Å². The van der Waals surface area contributed by atoms with Crippen LogP contribution in [0.15, 0.2) is 24.3 Å². The molecule has 0 radical (unpaired) electrons. The number of halogens is 1. The lowest BCUT2D eigenvalue weighted by Crippen LogP contribution is -2.57. The molecule has 1 N–H and O–H groups in total. The summed E-state index contributed by atoms with van der Waals surface area (Å²) in [5.41, 5.74) is 2.36. The average molecular weight is 294 g/mol. The van der Waals surface area contributed by atoms with Crippen LogP contribution in [0.4, 0.5) is 0 Å². The lowest BCUT2D eigenvalue weighted by atomic mass is 9.43. The van der Waals surface area contributed by atoms with Gasteiger partial charge < -0.3 is 10.1 Å². The van der Waals surface area contributed by atoms with E-state index in [1.165, 1.54) is 37.7 Å². The molecule has 1 spiro atoms. The van der Waals surface area contributed by atoms with Gasteiger partial charge in [0.25, 0.3) is 0 Å². The van der Waals surface area contributed by atoms with Gasteiger partial charge in [-0.1, -0.05) is 30.2 Å². The van der Waals surface area contributed by atoms with Crippen LogP contribution in [0.25, 0.3) is 0 Å². The van der Waals surface area contributed by atoms with Crippen LogP contribution in [0.1, 0.15) is 37.7 Å². The van der Waals surface area contributed by atoms with Crippen LogP contribution in [-0.2, 0) is 10.2 Å². The maximum absolute atomic E-state index is 6.19. The summed E-state index contributed by atoms with van der Waals surface area (Å²) in [6.07, 6.45) is 6.91. The van der Waals surface area contributed by atoms with Crippen molar-refractivity contribution in [3.05, 3.63) is 34.9 Å². The Kier molecular flexibility index (Phi) is 4.07. The number of hydrogen-bond donors (Lipinski definition) is 1. The Balaban J connectivity index is 1.71. The topological polar surface area (TPSA) is 21.3 Å². The van der Waals surface area contributed by atoms with Gasteiger partial charge in [0.15, 0.2) is 0 Å². The van der Waals surface area contributed by atoms with Gasteiger partial charge in [0.1, 0.15) is 0 Å². The van der Waals surface area contributed by atoms with Crippen LogP contribution in [-0.4, -0.2) is 26.8 Å². The van der Waals surface area contributed by atoms with Gasteiger partial charge in [0.2, 0.25) is 0 Å². The standard InChI is InChI=1S/C17H24ClNO/c1-20-9-8-19-13-17(11-16(12-17)6-3-7-16)14-4-2-5-15(18)10-14/h2,4-5,10,19H,3,6-9,11-13H2,1H3. The highest BCUT2D eigenvalue weighted by atomic mass is 35.5. The highest BCUT2D eigenvalue weighted by Crippen LogP contribution is 2.64. The van der Waals surface area contributed by atoms with Crippen molar-refractivity contribution in [3.63, 3.8) is 0 Å². The molecule has 2 aliphatic carbocycles. The highest BCUT2D eigenvalue weighted by Gasteiger charge is 2.57. The molecule has 0 bridgehead atoms. The zero-order valence-electron chi connectivity index (χ0n) is 12.3. The summed E-state index contributed by atoms with van der Waals surface area (Å²) in [4.78, 5) is 0. The van der Waals surface area contributed by atoms with Crippen LogP contribution in [0.3, 0.4) is 0 Å². The van der Waals surface area contributed by atoms with E-state index >= 15 is 0 Å². The summed E-state index contributed by atoms with van der Waals surface area (Å²) < 4.78 is 5.12. The van der Waals surface area contributed by atoms with Crippen molar-refractivity contribution in [3.8, 4) is 0 Å². The third kappa shape index (κ3) is 2.61. The predicted octanol–water partition coefficient (Wildman–Crippen LogP) is 3.78. The third-order valence-electron chi connectivity index (χ3n) is 5.22. The van der Waals surface area contributed by atoms with E-state index in [2.05, 4.69) is 23.5 Å². The molecule has 3 rings (SSSR count). The van der Waals surface area contributed by atoms with Gasteiger partial charge in [-0.3, -0.25) is 0 Å². The van der Waals surface area contributed by atoms with Gasteiger partial charge in [-0.25, -0.2) is 0 Å². The van der Waals surface area contributed by atoms with Crippen molar-refractivity contribution in [1.82, 2.24) is 5.32 Å². The SMILES string of the molecule is COCCNCC1(c2cccc(Cl)c2)CC2(CCC2)C1. The number of methoxy groups -OCH3 is 1. The minimum Gasteiger partial charge on any atom is -0.383 e. The molecule has 0 amide bonds. The maximum atomic E-state index is 6.19. The Hall–Kier alpha value is -0.570. The Bertz CT molecular complexity index is 462. The first kappa shape index (κ1) is 14.4. The fourth-order valence-electron chi connectivity index (χ4n) is 4.17. The van der Waals surface area contributed by atoms with Gasteiger partial charge in [0, 0.05) is 30.6 Å². The van der Waals surface area contributed by atoms with Gasteiger partial charge in [-0.15, -0.1) is 0 Å². The Labute approximate surface area is 126 Å². The molecule has 110 valence electrons. The molecule has 0 aliphatic heterocycles. The van der Waals surface area contributed by atoms with Crippen molar-refractivity contribution in [2.24, 2.45) is 5.41 Å². The molecule has 0 atom stereocenters. The van der Waals surface area contributed by atoms with Crippen LogP contribution >= 0.6 is 11.6 Å². The van der Waals surface area contributed by atoms with Crippen molar-refractivity contribution >= 4 is 11.6 Å². The molecular formula is C17H24ClNO. The molecular weight excluding hydrogens is 270 g/mol. The van der Waals surface area contributed by atoms with Crippen LogP contribution in [0, 0.1) is 5.41 Å². The smallest absolute Gasteiger partial charge is 0.0587 e. The fraction of sp³-hybridized carbons (Fsp3) is 0.647. The van der Waals surface area contributed by atoms with Crippen LogP contribution < -0.4 is 5.32 Å². The molecule has 20 heavy (non-hydrogen) atoms. The summed E-state index contributed by atoms with van der Waals surface area (Å²) in [7, 11) is 1.75. The van der Waals surface area contributed by atoms with E-state index in [1.807, 2.05) is 6.07 Å². The van der Waals surface area contributed by atoms with E-state index in [1.54, 1.807) is 7.11 Å². The molecule has 2 nitrogen and oxygen atoms in total. The second-order valence-electron chi connectivity index (χ2n) is 6.67. The Morgan fingerprint density at radius 3 is 2.70 bits per heavy atom. The van der Waals surface area contributed by atoms with Gasteiger partial charge in [-0.2, -0.15) is 0 Å². The average Bonchev–Trinajstić information content (AvgIpc) is 2.35. The molecule has 0 heterocycles. The second kappa shape index (κ2) is 5.67. The first-order valence-electron chi connectivity index (χ1n) is 7.64. The number of hydrogen-bond acceptors (Lipinski definition) is 2. The zero-order chi connectivity index (χ0) is 14.1. The maximum Gasteiger partial charge on any atom is 0.0587 e. The molecule has 0 saturated heterocycles. The van der Waals surface area contributed by atoms with E-state index in [9.17, 15) is 0 Å². The first-order chi connectivity index (χ1) is 9.68. The van der Waals surface area contributed by atoms with Gasteiger partial charge in [0.05, 0.1) is 6.61 Å². The number of rotatable bonds is 6. The number of ether oxygens (including phenoxy) is 1. The van der Waals surface area contributed by atoms with Gasteiger partial charge in [-0.05, 0) is 48.8 Å². The predicted molar refractivity (Wildman–Crippen MR) is 83.4 cm³/mol. The molecule has 1 aromatic rings. The molecule has 2 saturated carbocycles. The molecule has 2 aliphatic rings. The molecule has 1 aromatic carbocycles. The monoisotopic (exact) mass is 293 g/mol. The Morgan fingerprint density at radius 2 is 2.10 bits per heavy atom. The summed E-state index contributed by atoms with van der Waals surface area (Å²) >= 11 is 6.19. The number of benzene rings is 1. The summed E-state index contributed by atoms with van der Waals surface area (Å²) in [6, 6.07) is 8.45. The third-order valence-corrected chi connectivity index (χ3v) is 5.46. The summed E-state index contributed by atoms with van der Waals surface area (Å²) in [6.45, 7) is 2.74. The minimum absolute atomic E-state index is 0.291. The molecule has 0 aromatic heterocycles. The van der Waals surface area contributed by atoms with Crippen LogP contribution in [0.2, 0.25) is 5.02 Å². The normalized spacial score (nSPS) is 22.3. The lowest BCUT2D eigenvalue weighted by molar-refractivity contribution is -0.0485. The van der Waals surface area contributed by atoms with Crippen molar-refractivity contribution in [2.45, 2.75) is 37.5 Å². The minimum atomic E-state index is 0.291. The molecule has 2 fully saturated rings. The van der Waals surface area contributed by atoms with E-state index in [-0.39, 0.29) is 0 Å². The van der Waals surface area contributed by atoms with E-state index < -0.39 is 0 Å². The summed E-state index contributed by atoms with van der Waals surface area (Å²) in [5, 5.41) is 4.42. The fourth-order valence-corrected chi connectivity index (χ4v) is 4.36. The first-order valence-corrected chi connectivity index (χ1v) is 8.02. The van der Waals surface area contributed by atoms with Crippen LogP contribution in [0.5, 0.6) is 0 Å². The van der Waals surface area contributed by atoms with E-state index in [4.69, 9.17) is 16.3 Å². The largest absolute Gasteiger partial charge is 0.383 e. The van der Waals surface area contributed by atoms with Gasteiger partial charge >= 0.3 is 0 Å². The molecule has 3 heteroatoms.